The lowest BCUT2D eigenvalue weighted by Crippen LogP contribution is -2.51. The SMILES string of the molecule is CCNC(C)(CCOc1ccccc1C)C(=O)OC. The van der Waals surface area contributed by atoms with Crippen molar-refractivity contribution < 1.29 is 14.3 Å². The van der Waals surface area contributed by atoms with E-state index in [0.717, 1.165) is 11.3 Å². The number of ether oxygens (including phenoxy) is 2. The summed E-state index contributed by atoms with van der Waals surface area (Å²) in [6.45, 7) is 6.96. The van der Waals surface area contributed by atoms with Gasteiger partial charge in [-0.3, -0.25) is 4.79 Å². The van der Waals surface area contributed by atoms with Crippen LogP contribution in [0.4, 0.5) is 0 Å². The zero-order valence-electron chi connectivity index (χ0n) is 12.2. The van der Waals surface area contributed by atoms with Gasteiger partial charge in [0.1, 0.15) is 11.3 Å². The van der Waals surface area contributed by atoms with Crippen molar-refractivity contribution in [2.45, 2.75) is 32.7 Å². The van der Waals surface area contributed by atoms with Crippen LogP contribution in [0.25, 0.3) is 0 Å². The van der Waals surface area contributed by atoms with Crippen LogP contribution in [0.2, 0.25) is 0 Å². The number of hydrogen-bond acceptors (Lipinski definition) is 4. The minimum Gasteiger partial charge on any atom is -0.493 e. The van der Waals surface area contributed by atoms with Crippen LogP contribution in [0.5, 0.6) is 5.75 Å². The summed E-state index contributed by atoms with van der Waals surface area (Å²) < 4.78 is 10.6. The van der Waals surface area contributed by atoms with Crippen LogP contribution in [-0.4, -0.2) is 31.8 Å². The molecule has 4 nitrogen and oxygen atoms in total. The molecule has 4 heteroatoms. The van der Waals surface area contributed by atoms with E-state index < -0.39 is 5.54 Å². The van der Waals surface area contributed by atoms with E-state index in [4.69, 9.17) is 9.47 Å². The van der Waals surface area contributed by atoms with Gasteiger partial charge in [-0.2, -0.15) is 0 Å². The quantitative estimate of drug-likeness (QED) is 0.769. The first kappa shape index (κ1) is 15.5. The molecule has 1 aromatic carbocycles. The third-order valence-electron chi connectivity index (χ3n) is 3.16. The Hall–Kier alpha value is -1.55. The molecule has 0 saturated heterocycles. The predicted molar refractivity (Wildman–Crippen MR) is 75.4 cm³/mol. The second kappa shape index (κ2) is 7.14. The molecule has 0 aliphatic heterocycles. The third-order valence-corrected chi connectivity index (χ3v) is 3.16. The van der Waals surface area contributed by atoms with Gasteiger partial charge >= 0.3 is 5.97 Å². The van der Waals surface area contributed by atoms with Gasteiger partial charge in [-0.25, -0.2) is 0 Å². The summed E-state index contributed by atoms with van der Waals surface area (Å²) in [6.07, 6.45) is 0.557. The molecule has 1 aromatic rings. The Morgan fingerprint density at radius 2 is 2.05 bits per heavy atom. The number of para-hydroxylation sites is 1. The normalized spacial score (nSPS) is 13.7. The lowest BCUT2D eigenvalue weighted by Gasteiger charge is -2.27. The van der Waals surface area contributed by atoms with E-state index in [0.29, 0.717) is 19.6 Å². The lowest BCUT2D eigenvalue weighted by atomic mass is 9.98. The zero-order chi connectivity index (χ0) is 14.3. The molecule has 0 amide bonds. The highest BCUT2D eigenvalue weighted by Gasteiger charge is 2.33. The topological polar surface area (TPSA) is 47.6 Å². The number of rotatable bonds is 7. The molecule has 1 rings (SSSR count). The van der Waals surface area contributed by atoms with Crippen molar-refractivity contribution >= 4 is 5.97 Å². The first-order valence-electron chi connectivity index (χ1n) is 6.55. The van der Waals surface area contributed by atoms with Gasteiger partial charge in [-0.1, -0.05) is 25.1 Å². The Labute approximate surface area is 115 Å². The summed E-state index contributed by atoms with van der Waals surface area (Å²) >= 11 is 0. The van der Waals surface area contributed by atoms with Crippen molar-refractivity contribution in [1.29, 1.82) is 0 Å². The molecule has 0 aliphatic rings. The second-order valence-electron chi connectivity index (χ2n) is 4.72. The van der Waals surface area contributed by atoms with Gasteiger partial charge in [0.15, 0.2) is 0 Å². The summed E-state index contributed by atoms with van der Waals surface area (Å²) in [5, 5.41) is 3.16. The van der Waals surface area contributed by atoms with Crippen molar-refractivity contribution in [2.75, 3.05) is 20.3 Å². The van der Waals surface area contributed by atoms with Crippen LogP contribution in [0.1, 0.15) is 25.8 Å². The van der Waals surface area contributed by atoms with Gasteiger partial charge in [0, 0.05) is 6.42 Å². The van der Waals surface area contributed by atoms with E-state index in [9.17, 15) is 4.79 Å². The Kier molecular flexibility index (Phi) is 5.83. The minimum absolute atomic E-state index is 0.261. The Balaban J connectivity index is 2.58. The highest BCUT2D eigenvalue weighted by molar-refractivity contribution is 5.80. The average Bonchev–Trinajstić information content (AvgIpc) is 2.40. The predicted octanol–water partition coefficient (Wildman–Crippen LogP) is 2.31. The molecular formula is C15H23NO3. The Morgan fingerprint density at radius 3 is 2.63 bits per heavy atom. The molecule has 0 radical (unpaired) electrons. The van der Waals surface area contributed by atoms with Crippen molar-refractivity contribution in [2.24, 2.45) is 0 Å². The highest BCUT2D eigenvalue weighted by Crippen LogP contribution is 2.18. The lowest BCUT2D eigenvalue weighted by molar-refractivity contribution is -0.148. The molecule has 1 unspecified atom stereocenters. The van der Waals surface area contributed by atoms with E-state index in [1.807, 2.05) is 45.0 Å². The maximum atomic E-state index is 11.8. The number of benzene rings is 1. The molecule has 0 bridgehead atoms. The van der Waals surface area contributed by atoms with E-state index in [1.165, 1.54) is 7.11 Å². The smallest absolute Gasteiger partial charge is 0.325 e. The summed E-state index contributed by atoms with van der Waals surface area (Å²) in [6, 6.07) is 7.84. The first-order chi connectivity index (χ1) is 9.03. The molecule has 1 N–H and O–H groups in total. The van der Waals surface area contributed by atoms with Gasteiger partial charge in [0.05, 0.1) is 13.7 Å². The van der Waals surface area contributed by atoms with Crippen LogP contribution in [0, 0.1) is 6.92 Å². The largest absolute Gasteiger partial charge is 0.493 e. The third kappa shape index (κ3) is 4.24. The van der Waals surface area contributed by atoms with Crippen molar-refractivity contribution in [3.05, 3.63) is 29.8 Å². The van der Waals surface area contributed by atoms with Crippen LogP contribution in [-0.2, 0) is 9.53 Å². The van der Waals surface area contributed by atoms with E-state index in [2.05, 4.69) is 5.32 Å². The molecular weight excluding hydrogens is 242 g/mol. The summed E-state index contributed by atoms with van der Waals surface area (Å²) in [4.78, 5) is 11.8. The van der Waals surface area contributed by atoms with Crippen LogP contribution in [0.15, 0.2) is 24.3 Å². The van der Waals surface area contributed by atoms with Gasteiger partial charge in [0.2, 0.25) is 0 Å². The summed E-state index contributed by atoms with van der Waals surface area (Å²) in [5.74, 6) is 0.592. The molecule has 1 atom stereocenters. The number of carbonyl (C=O) groups excluding carboxylic acids is 1. The first-order valence-corrected chi connectivity index (χ1v) is 6.55. The molecule has 19 heavy (non-hydrogen) atoms. The van der Waals surface area contributed by atoms with Crippen LogP contribution >= 0.6 is 0 Å². The van der Waals surface area contributed by atoms with Crippen molar-refractivity contribution in [3.8, 4) is 5.75 Å². The standard InChI is InChI=1S/C15H23NO3/c1-5-16-15(3,14(17)18-4)10-11-19-13-9-7-6-8-12(13)2/h6-9,16H,5,10-11H2,1-4H3. The maximum Gasteiger partial charge on any atom is 0.325 e. The van der Waals surface area contributed by atoms with Crippen molar-refractivity contribution in [1.82, 2.24) is 5.32 Å². The number of methoxy groups -OCH3 is 1. The molecule has 0 aliphatic carbocycles. The Bertz CT molecular complexity index is 420. The van der Waals surface area contributed by atoms with E-state index in [-0.39, 0.29) is 5.97 Å². The fourth-order valence-electron chi connectivity index (χ4n) is 1.96. The zero-order valence-corrected chi connectivity index (χ0v) is 12.2. The fraction of sp³-hybridized carbons (Fsp3) is 0.533. The average molecular weight is 265 g/mol. The van der Waals surface area contributed by atoms with E-state index in [1.54, 1.807) is 0 Å². The Morgan fingerprint density at radius 1 is 1.37 bits per heavy atom. The van der Waals surface area contributed by atoms with Gasteiger partial charge in [-0.05, 0) is 32.0 Å². The molecule has 0 aromatic heterocycles. The number of aryl methyl sites for hydroxylation is 1. The molecule has 0 heterocycles. The van der Waals surface area contributed by atoms with Crippen molar-refractivity contribution in [3.63, 3.8) is 0 Å². The molecule has 0 fully saturated rings. The minimum atomic E-state index is -0.702. The molecule has 0 spiro atoms. The molecule has 106 valence electrons. The monoisotopic (exact) mass is 265 g/mol. The number of carbonyl (C=O) groups is 1. The highest BCUT2D eigenvalue weighted by atomic mass is 16.5. The summed E-state index contributed by atoms with van der Waals surface area (Å²) in [5.41, 5.74) is 0.386. The van der Waals surface area contributed by atoms with Crippen LogP contribution in [0.3, 0.4) is 0 Å². The maximum absolute atomic E-state index is 11.8. The molecule has 0 saturated carbocycles. The number of hydrogen-bond donors (Lipinski definition) is 1. The number of esters is 1. The second-order valence-corrected chi connectivity index (χ2v) is 4.72. The summed E-state index contributed by atoms with van der Waals surface area (Å²) in [7, 11) is 1.40. The number of nitrogens with one attached hydrogen (secondary N) is 1. The van der Waals surface area contributed by atoms with E-state index >= 15 is 0 Å². The number of likely N-dealkylation sites (N-methyl/N-ethyl adjacent to an activating group) is 1. The van der Waals surface area contributed by atoms with Crippen LogP contribution < -0.4 is 10.1 Å². The van der Waals surface area contributed by atoms with Gasteiger partial charge < -0.3 is 14.8 Å². The fourth-order valence-corrected chi connectivity index (χ4v) is 1.96. The van der Waals surface area contributed by atoms with Gasteiger partial charge in [-0.15, -0.1) is 0 Å². The van der Waals surface area contributed by atoms with Gasteiger partial charge in [0.25, 0.3) is 0 Å².